The maximum absolute atomic E-state index is 12.9. The summed E-state index contributed by atoms with van der Waals surface area (Å²) in [5.74, 6) is 0.453. The Morgan fingerprint density at radius 3 is 2.47 bits per heavy atom. The summed E-state index contributed by atoms with van der Waals surface area (Å²) in [6, 6.07) is 0. The SMILES string of the molecule is CC1(C(=O)N2CCCC3(CCCNC3)C2)CCCC1. The molecule has 0 aromatic heterocycles. The molecule has 1 unspecified atom stereocenters. The smallest absolute Gasteiger partial charge is 0.228 e. The van der Waals surface area contributed by atoms with E-state index in [4.69, 9.17) is 0 Å². The number of piperidine rings is 2. The van der Waals surface area contributed by atoms with Crippen LogP contribution in [-0.2, 0) is 4.79 Å². The van der Waals surface area contributed by atoms with Crippen molar-refractivity contribution in [2.45, 2.75) is 58.3 Å². The van der Waals surface area contributed by atoms with E-state index in [1.807, 2.05) is 0 Å². The average molecular weight is 264 g/mol. The number of nitrogens with zero attached hydrogens (tertiary/aromatic N) is 1. The minimum Gasteiger partial charge on any atom is -0.342 e. The summed E-state index contributed by atoms with van der Waals surface area (Å²) >= 11 is 0. The van der Waals surface area contributed by atoms with Gasteiger partial charge in [0, 0.05) is 30.5 Å². The van der Waals surface area contributed by atoms with Crippen LogP contribution in [0.5, 0.6) is 0 Å². The predicted molar refractivity (Wildman–Crippen MR) is 76.9 cm³/mol. The van der Waals surface area contributed by atoms with E-state index in [9.17, 15) is 4.79 Å². The molecule has 2 heterocycles. The summed E-state index contributed by atoms with van der Waals surface area (Å²) < 4.78 is 0. The number of hydrogen-bond donors (Lipinski definition) is 1. The van der Waals surface area contributed by atoms with Gasteiger partial charge < -0.3 is 10.2 Å². The molecule has 0 aromatic rings. The van der Waals surface area contributed by atoms with Crippen LogP contribution in [0.1, 0.15) is 58.3 Å². The monoisotopic (exact) mass is 264 g/mol. The molecule has 108 valence electrons. The van der Waals surface area contributed by atoms with Gasteiger partial charge in [-0.15, -0.1) is 0 Å². The molecule has 3 heteroatoms. The number of likely N-dealkylation sites (tertiary alicyclic amines) is 1. The first-order valence-corrected chi connectivity index (χ1v) is 8.14. The van der Waals surface area contributed by atoms with Crippen LogP contribution >= 0.6 is 0 Å². The molecule has 1 saturated carbocycles. The maximum Gasteiger partial charge on any atom is 0.228 e. The van der Waals surface area contributed by atoms with Crippen LogP contribution in [0.4, 0.5) is 0 Å². The molecule has 1 amide bonds. The lowest BCUT2D eigenvalue weighted by molar-refractivity contribution is -0.145. The van der Waals surface area contributed by atoms with Crippen LogP contribution in [-0.4, -0.2) is 37.0 Å². The third kappa shape index (κ3) is 2.54. The highest BCUT2D eigenvalue weighted by Gasteiger charge is 2.44. The standard InChI is InChI=1S/C16H28N2O/c1-15(6-2-3-7-15)14(19)18-11-5-9-16(13-18)8-4-10-17-12-16/h17H,2-13H2,1H3. The fourth-order valence-electron chi connectivity index (χ4n) is 4.51. The Balaban J connectivity index is 1.69. The lowest BCUT2D eigenvalue weighted by atomic mass is 9.73. The Hall–Kier alpha value is -0.570. The zero-order valence-electron chi connectivity index (χ0n) is 12.3. The summed E-state index contributed by atoms with van der Waals surface area (Å²) in [7, 11) is 0. The highest BCUT2D eigenvalue weighted by atomic mass is 16.2. The van der Waals surface area contributed by atoms with Crippen LogP contribution < -0.4 is 5.32 Å². The first kappa shape index (κ1) is 13.4. The molecular formula is C16H28N2O. The van der Waals surface area contributed by atoms with Crippen LogP contribution in [0.2, 0.25) is 0 Å². The van der Waals surface area contributed by atoms with Crippen molar-refractivity contribution in [1.29, 1.82) is 0 Å². The van der Waals surface area contributed by atoms with Crippen LogP contribution in [0.25, 0.3) is 0 Å². The highest BCUT2D eigenvalue weighted by molar-refractivity contribution is 5.82. The zero-order valence-corrected chi connectivity index (χ0v) is 12.3. The van der Waals surface area contributed by atoms with E-state index >= 15 is 0 Å². The van der Waals surface area contributed by atoms with Gasteiger partial charge in [0.05, 0.1) is 0 Å². The van der Waals surface area contributed by atoms with Crippen molar-refractivity contribution >= 4 is 5.91 Å². The Morgan fingerprint density at radius 1 is 1.05 bits per heavy atom. The predicted octanol–water partition coefficient (Wildman–Crippen LogP) is 2.56. The van der Waals surface area contributed by atoms with Gasteiger partial charge in [-0.3, -0.25) is 4.79 Å². The van der Waals surface area contributed by atoms with E-state index < -0.39 is 0 Å². The Labute approximate surface area is 117 Å². The average Bonchev–Trinajstić information content (AvgIpc) is 2.87. The molecule has 0 bridgehead atoms. The van der Waals surface area contributed by atoms with Gasteiger partial charge in [0.25, 0.3) is 0 Å². The number of rotatable bonds is 1. The first-order chi connectivity index (χ1) is 9.14. The number of carbonyl (C=O) groups excluding carboxylic acids is 1. The molecule has 2 saturated heterocycles. The molecular weight excluding hydrogens is 236 g/mol. The maximum atomic E-state index is 12.9. The van der Waals surface area contributed by atoms with Gasteiger partial charge in [-0.25, -0.2) is 0 Å². The molecule has 3 aliphatic rings. The summed E-state index contributed by atoms with van der Waals surface area (Å²) in [5.41, 5.74) is 0.349. The van der Waals surface area contributed by atoms with Crippen LogP contribution in [0, 0.1) is 10.8 Å². The molecule has 1 atom stereocenters. The molecule has 1 N–H and O–H groups in total. The Morgan fingerprint density at radius 2 is 1.79 bits per heavy atom. The van der Waals surface area contributed by atoms with E-state index in [1.165, 1.54) is 38.5 Å². The normalized spacial score (nSPS) is 34.7. The first-order valence-electron chi connectivity index (χ1n) is 8.14. The molecule has 3 fully saturated rings. The molecule has 19 heavy (non-hydrogen) atoms. The third-order valence-electron chi connectivity index (χ3n) is 5.73. The lowest BCUT2D eigenvalue weighted by Gasteiger charge is -2.47. The van der Waals surface area contributed by atoms with Gasteiger partial charge in [-0.1, -0.05) is 19.8 Å². The summed E-state index contributed by atoms with van der Waals surface area (Å²) in [6.07, 6.45) is 9.77. The quantitative estimate of drug-likeness (QED) is 0.789. The summed E-state index contributed by atoms with van der Waals surface area (Å²) in [4.78, 5) is 15.1. The van der Waals surface area contributed by atoms with Gasteiger partial charge in [-0.05, 0) is 45.1 Å². The van der Waals surface area contributed by atoms with Gasteiger partial charge in [0.15, 0.2) is 0 Å². The van der Waals surface area contributed by atoms with E-state index in [1.54, 1.807) is 0 Å². The number of hydrogen-bond acceptors (Lipinski definition) is 2. The lowest BCUT2D eigenvalue weighted by Crippen LogP contribution is -2.54. The highest BCUT2D eigenvalue weighted by Crippen LogP contribution is 2.42. The van der Waals surface area contributed by atoms with Crippen molar-refractivity contribution in [3.8, 4) is 0 Å². The topological polar surface area (TPSA) is 32.3 Å². The van der Waals surface area contributed by atoms with Crippen LogP contribution in [0.15, 0.2) is 0 Å². The fourth-order valence-corrected chi connectivity index (χ4v) is 4.51. The second kappa shape index (κ2) is 5.08. The fraction of sp³-hybridized carbons (Fsp3) is 0.938. The summed E-state index contributed by atoms with van der Waals surface area (Å²) in [5, 5.41) is 3.55. The third-order valence-corrected chi connectivity index (χ3v) is 5.73. The number of amides is 1. The molecule has 1 spiro atoms. The van der Waals surface area contributed by atoms with E-state index in [2.05, 4.69) is 17.1 Å². The van der Waals surface area contributed by atoms with Crippen molar-refractivity contribution in [3.05, 3.63) is 0 Å². The molecule has 2 aliphatic heterocycles. The molecule has 0 radical (unpaired) electrons. The zero-order chi connectivity index (χ0) is 13.3. The van der Waals surface area contributed by atoms with Crippen molar-refractivity contribution in [2.24, 2.45) is 10.8 Å². The largest absolute Gasteiger partial charge is 0.342 e. The Kier molecular flexibility index (Phi) is 3.59. The second-order valence-corrected chi connectivity index (χ2v) is 7.38. The van der Waals surface area contributed by atoms with Crippen molar-refractivity contribution in [3.63, 3.8) is 0 Å². The van der Waals surface area contributed by atoms with E-state index in [-0.39, 0.29) is 5.41 Å². The number of nitrogens with one attached hydrogen (secondary N) is 1. The Bertz CT molecular complexity index is 335. The second-order valence-electron chi connectivity index (χ2n) is 7.38. The van der Waals surface area contributed by atoms with Crippen molar-refractivity contribution in [1.82, 2.24) is 10.2 Å². The minimum absolute atomic E-state index is 0.0410. The molecule has 1 aliphatic carbocycles. The minimum atomic E-state index is -0.0410. The molecule has 3 rings (SSSR count). The van der Waals surface area contributed by atoms with Crippen molar-refractivity contribution < 1.29 is 4.79 Å². The van der Waals surface area contributed by atoms with Crippen LogP contribution in [0.3, 0.4) is 0 Å². The van der Waals surface area contributed by atoms with Gasteiger partial charge in [0.2, 0.25) is 5.91 Å². The van der Waals surface area contributed by atoms with Gasteiger partial charge in [-0.2, -0.15) is 0 Å². The van der Waals surface area contributed by atoms with E-state index in [0.29, 0.717) is 11.3 Å². The molecule has 0 aromatic carbocycles. The van der Waals surface area contributed by atoms with E-state index in [0.717, 1.165) is 39.0 Å². The number of carbonyl (C=O) groups is 1. The van der Waals surface area contributed by atoms with Gasteiger partial charge in [0.1, 0.15) is 0 Å². The van der Waals surface area contributed by atoms with Gasteiger partial charge >= 0.3 is 0 Å². The van der Waals surface area contributed by atoms with Crippen molar-refractivity contribution in [2.75, 3.05) is 26.2 Å². The summed E-state index contributed by atoms with van der Waals surface area (Å²) in [6.45, 7) is 6.48. The molecule has 3 nitrogen and oxygen atoms in total.